The first kappa shape index (κ1) is 18.4. The Kier molecular flexibility index (Phi) is 5.94. The molecule has 0 radical (unpaired) electrons. The fraction of sp³-hybridized carbons (Fsp3) is 0.368. The third kappa shape index (κ3) is 5.31. The molecule has 0 saturated carbocycles. The SMILES string of the molecule is CC(C)(C)CC(NC(=O)Cc1c(F)cccc1Cl)c1cccnc1. The molecule has 1 unspecified atom stereocenters. The zero-order valence-electron chi connectivity index (χ0n) is 14.1. The van der Waals surface area contributed by atoms with Crippen LogP contribution in [0.5, 0.6) is 0 Å². The summed E-state index contributed by atoms with van der Waals surface area (Å²) in [6, 6.07) is 8.00. The van der Waals surface area contributed by atoms with Crippen LogP contribution in [-0.4, -0.2) is 10.9 Å². The van der Waals surface area contributed by atoms with E-state index in [9.17, 15) is 9.18 Å². The van der Waals surface area contributed by atoms with Crippen LogP contribution >= 0.6 is 11.6 Å². The van der Waals surface area contributed by atoms with Gasteiger partial charge >= 0.3 is 0 Å². The van der Waals surface area contributed by atoms with Crippen molar-refractivity contribution in [3.63, 3.8) is 0 Å². The molecule has 0 fully saturated rings. The lowest BCUT2D eigenvalue weighted by molar-refractivity contribution is -0.121. The number of nitrogens with one attached hydrogen (secondary N) is 1. The second kappa shape index (κ2) is 7.75. The van der Waals surface area contributed by atoms with Crippen LogP contribution in [0.3, 0.4) is 0 Å². The van der Waals surface area contributed by atoms with Crippen LogP contribution < -0.4 is 5.32 Å². The molecule has 2 rings (SSSR count). The molecule has 0 spiro atoms. The van der Waals surface area contributed by atoms with E-state index in [4.69, 9.17) is 11.6 Å². The third-order valence-electron chi connectivity index (χ3n) is 3.64. The van der Waals surface area contributed by atoms with E-state index in [0.29, 0.717) is 0 Å². The van der Waals surface area contributed by atoms with Gasteiger partial charge in [-0.15, -0.1) is 0 Å². The predicted octanol–water partition coefficient (Wildman–Crippen LogP) is 4.71. The molecule has 1 aromatic heterocycles. The highest BCUT2D eigenvalue weighted by molar-refractivity contribution is 6.31. The topological polar surface area (TPSA) is 42.0 Å². The van der Waals surface area contributed by atoms with Gasteiger partial charge in [-0.3, -0.25) is 9.78 Å². The number of carbonyl (C=O) groups is 1. The molecule has 2 aromatic rings. The van der Waals surface area contributed by atoms with E-state index in [1.165, 1.54) is 12.1 Å². The number of aromatic nitrogens is 1. The molecule has 1 N–H and O–H groups in total. The van der Waals surface area contributed by atoms with Crippen molar-refractivity contribution < 1.29 is 9.18 Å². The normalized spacial score (nSPS) is 12.7. The number of nitrogens with zero attached hydrogens (tertiary/aromatic N) is 1. The van der Waals surface area contributed by atoms with E-state index in [1.807, 2.05) is 12.1 Å². The van der Waals surface area contributed by atoms with Crippen LogP contribution in [-0.2, 0) is 11.2 Å². The molecule has 1 atom stereocenters. The van der Waals surface area contributed by atoms with E-state index >= 15 is 0 Å². The summed E-state index contributed by atoms with van der Waals surface area (Å²) in [4.78, 5) is 16.6. The van der Waals surface area contributed by atoms with Gasteiger partial charge in [-0.1, -0.05) is 44.5 Å². The molecule has 0 aliphatic heterocycles. The Morgan fingerprint density at radius 2 is 2.04 bits per heavy atom. The Balaban J connectivity index is 2.15. The maximum atomic E-state index is 13.9. The summed E-state index contributed by atoms with van der Waals surface area (Å²) in [6.45, 7) is 6.32. The van der Waals surface area contributed by atoms with Crippen LogP contribution in [0.1, 0.15) is 44.4 Å². The first-order valence-electron chi connectivity index (χ1n) is 7.88. The Labute approximate surface area is 147 Å². The van der Waals surface area contributed by atoms with E-state index in [1.54, 1.807) is 18.5 Å². The summed E-state index contributed by atoms with van der Waals surface area (Å²) in [5.41, 5.74) is 1.17. The van der Waals surface area contributed by atoms with Crippen LogP contribution in [0, 0.1) is 11.2 Å². The fourth-order valence-corrected chi connectivity index (χ4v) is 2.78. The zero-order valence-corrected chi connectivity index (χ0v) is 14.9. The van der Waals surface area contributed by atoms with Gasteiger partial charge in [0.1, 0.15) is 5.82 Å². The highest BCUT2D eigenvalue weighted by Crippen LogP contribution is 2.29. The number of amides is 1. The Morgan fingerprint density at radius 1 is 1.29 bits per heavy atom. The largest absolute Gasteiger partial charge is 0.349 e. The first-order chi connectivity index (χ1) is 11.3. The third-order valence-corrected chi connectivity index (χ3v) is 3.99. The fourth-order valence-electron chi connectivity index (χ4n) is 2.55. The van der Waals surface area contributed by atoms with Gasteiger partial charge in [0.25, 0.3) is 0 Å². The molecular formula is C19H22ClFN2O. The van der Waals surface area contributed by atoms with Crippen molar-refractivity contribution in [2.24, 2.45) is 5.41 Å². The zero-order chi connectivity index (χ0) is 17.7. The highest BCUT2D eigenvalue weighted by Gasteiger charge is 2.23. The van der Waals surface area contributed by atoms with Crippen LogP contribution in [0.4, 0.5) is 4.39 Å². The molecule has 3 nitrogen and oxygen atoms in total. The minimum atomic E-state index is -0.466. The lowest BCUT2D eigenvalue weighted by Gasteiger charge is -2.27. The Morgan fingerprint density at radius 3 is 2.62 bits per heavy atom. The van der Waals surface area contributed by atoms with Crippen molar-refractivity contribution in [2.75, 3.05) is 0 Å². The maximum Gasteiger partial charge on any atom is 0.225 e. The number of hydrogen-bond donors (Lipinski definition) is 1. The van der Waals surface area contributed by atoms with Crippen LogP contribution in [0.2, 0.25) is 5.02 Å². The quantitative estimate of drug-likeness (QED) is 0.850. The van der Waals surface area contributed by atoms with E-state index in [-0.39, 0.29) is 34.4 Å². The lowest BCUT2D eigenvalue weighted by Crippen LogP contribution is -2.32. The van der Waals surface area contributed by atoms with Gasteiger partial charge in [-0.25, -0.2) is 4.39 Å². The lowest BCUT2D eigenvalue weighted by atomic mass is 9.85. The van der Waals surface area contributed by atoms with E-state index < -0.39 is 5.82 Å². The Bertz CT molecular complexity index is 678. The number of halogens is 2. The predicted molar refractivity (Wildman–Crippen MR) is 94.3 cm³/mol. The summed E-state index contributed by atoms with van der Waals surface area (Å²) in [6.07, 6.45) is 4.09. The van der Waals surface area contributed by atoms with Gasteiger partial charge in [0.05, 0.1) is 12.5 Å². The standard InChI is InChI=1S/C19H22ClFN2O/c1-19(2,3)11-17(13-6-5-9-22-12-13)23-18(24)10-14-15(20)7-4-8-16(14)21/h4-9,12,17H,10-11H2,1-3H3,(H,23,24). The summed E-state index contributed by atoms with van der Waals surface area (Å²) < 4.78 is 13.9. The molecule has 0 aliphatic carbocycles. The summed E-state index contributed by atoms with van der Waals surface area (Å²) in [5, 5.41) is 3.25. The van der Waals surface area contributed by atoms with Gasteiger partial charge in [-0.2, -0.15) is 0 Å². The minimum Gasteiger partial charge on any atom is -0.349 e. The van der Waals surface area contributed by atoms with Crippen molar-refractivity contribution in [2.45, 2.75) is 39.7 Å². The average molecular weight is 349 g/mol. The average Bonchev–Trinajstić information content (AvgIpc) is 2.50. The smallest absolute Gasteiger partial charge is 0.225 e. The van der Waals surface area contributed by atoms with Crippen molar-refractivity contribution in [1.82, 2.24) is 10.3 Å². The summed E-state index contributed by atoms with van der Waals surface area (Å²) in [7, 11) is 0. The molecular weight excluding hydrogens is 327 g/mol. The van der Waals surface area contributed by atoms with Gasteiger partial charge in [0, 0.05) is 23.0 Å². The first-order valence-corrected chi connectivity index (χ1v) is 8.26. The molecule has 1 heterocycles. The van der Waals surface area contributed by atoms with E-state index in [0.717, 1.165) is 12.0 Å². The van der Waals surface area contributed by atoms with Gasteiger partial charge in [-0.05, 0) is 35.6 Å². The van der Waals surface area contributed by atoms with Crippen molar-refractivity contribution >= 4 is 17.5 Å². The minimum absolute atomic E-state index is 0.0173. The molecule has 1 amide bonds. The van der Waals surface area contributed by atoms with Crippen LogP contribution in [0.15, 0.2) is 42.7 Å². The molecule has 0 saturated heterocycles. The monoisotopic (exact) mass is 348 g/mol. The number of carbonyl (C=O) groups excluding carboxylic acids is 1. The highest BCUT2D eigenvalue weighted by atomic mass is 35.5. The Hall–Kier alpha value is -1.94. The molecule has 24 heavy (non-hydrogen) atoms. The second-order valence-electron chi connectivity index (χ2n) is 7.05. The summed E-state index contributed by atoms with van der Waals surface area (Å²) >= 11 is 6.00. The van der Waals surface area contributed by atoms with Crippen molar-refractivity contribution in [3.05, 3.63) is 64.7 Å². The molecule has 128 valence electrons. The van der Waals surface area contributed by atoms with Gasteiger partial charge in [0.15, 0.2) is 0 Å². The number of pyridine rings is 1. The van der Waals surface area contributed by atoms with E-state index in [2.05, 4.69) is 31.1 Å². The van der Waals surface area contributed by atoms with Gasteiger partial charge in [0.2, 0.25) is 5.91 Å². The maximum absolute atomic E-state index is 13.9. The molecule has 0 bridgehead atoms. The van der Waals surface area contributed by atoms with Crippen LogP contribution in [0.25, 0.3) is 0 Å². The number of benzene rings is 1. The number of hydrogen-bond acceptors (Lipinski definition) is 2. The van der Waals surface area contributed by atoms with Crippen molar-refractivity contribution in [3.8, 4) is 0 Å². The van der Waals surface area contributed by atoms with Gasteiger partial charge < -0.3 is 5.32 Å². The summed E-state index contributed by atoms with van der Waals surface area (Å²) in [5.74, 6) is -0.730. The second-order valence-corrected chi connectivity index (χ2v) is 7.46. The molecule has 1 aromatic carbocycles. The molecule has 5 heteroatoms. The molecule has 0 aliphatic rings. The van der Waals surface area contributed by atoms with Crippen molar-refractivity contribution in [1.29, 1.82) is 0 Å². The number of rotatable bonds is 5.